The SMILES string of the molecule is COCC1c2c(cnn2CC2CCOCC2)CCN1Cc1ccco1. The van der Waals surface area contributed by atoms with Crippen molar-refractivity contribution in [1.29, 1.82) is 0 Å². The van der Waals surface area contributed by atoms with E-state index in [-0.39, 0.29) is 6.04 Å². The van der Waals surface area contributed by atoms with Gasteiger partial charge >= 0.3 is 0 Å². The van der Waals surface area contributed by atoms with Gasteiger partial charge in [0.15, 0.2) is 0 Å². The molecule has 4 heterocycles. The van der Waals surface area contributed by atoms with Gasteiger partial charge in [-0.25, -0.2) is 0 Å². The molecule has 0 aliphatic carbocycles. The Morgan fingerprint density at radius 1 is 1.32 bits per heavy atom. The maximum absolute atomic E-state index is 5.57. The van der Waals surface area contributed by atoms with E-state index in [1.165, 1.54) is 11.3 Å². The molecule has 6 nitrogen and oxygen atoms in total. The highest BCUT2D eigenvalue weighted by Gasteiger charge is 2.32. The zero-order valence-corrected chi connectivity index (χ0v) is 14.9. The third kappa shape index (κ3) is 3.66. The zero-order valence-electron chi connectivity index (χ0n) is 14.9. The second kappa shape index (κ2) is 7.72. The second-order valence-corrected chi connectivity index (χ2v) is 7.06. The maximum Gasteiger partial charge on any atom is 0.117 e. The van der Waals surface area contributed by atoms with E-state index in [0.717, 1.165) is 57.9 Å². The molecule has 0 amide bonds. The Bertz CT molecular complexity index is 662. The first-order valence-electron chi connectivity index (χ1n) is 9.23. The fourth-order valence-electron chi connectivity index (χ4n) is 4.06. The van der Waals surface area contributed by atoms with Crippen molar-refractivity contribution >= 4 is 0 Å². The molecule has 0 aromatic carbocycles. The van der Waals surface area contributed by atoms with Crippen LogP contribution in [0.2, 0.25) is 0 Å². The molecule has 0 bridgehead atoms. The molecule has 0 N–H and O–H groups in total. The van der Waals surface area contributed by atoms with Crippen molar-refractivity contribution in [1.82, 2.24) is 14.7 Å². The van der Waals surface area contributed by atoms with Crippen molar-refractivity contribution in [3.63, 3.8) is 0 Å². The van der Waals surface area contributed by atoms with Crippen LogP contribution in [0.4, 0.5) is 0 Å². The van der Waals surface area contributed by atoms with Crippen molar-refractivity contribution in [2.24, 2.45) is 5.92 Å². The van der Waals surface area contributed by atoms with Crippen LogP contribution in [-0.2, 0) is 29.0 Å². The quantitative estimate of drug-likeness (QED) is 0.806. The number of fused-ring (bicyclic) bond motifs is 1. The van der Waals surface area contributed by atoms with Gasteiger partial charge in [-0.15, -0.1) is 0 Å². The van der Waals surface area contributed by atoms with Crippen LogP contribution in [0.1, 0.15) is 35.9 Å². The predicted octanol–water partition coefficient (Wildman–Crippen LogP) is 2.65. The molecule has 2 aliphatic rings. The smallest absolute Gasteiger partial charge is 0.117 e. The zero-order chi connectivity index (χ0) is 17.1. The summed E-state index contributed by atoms with van der Waals surface area (Å²) in [5.41, 5.74) is 2.69. The number of hydrogen-bond acceptors (Lipinski definition) is 5. The Morgan fingerprint density at radius 2 is 2.20 bits per heavy atom. The molecule has 0 spiro atoms. The molecular weight excluding hydrogens is 318 g/mol. The summed E-state index contributed by atoms with van der Waals surface area (Å²) in [7, 11) is 1.78. The molecule has 1 atom stereocenters. The number of rotatable bonds is 6. The first-order chi connectivity index (χ1) is 12.3. The summed E-state index contributed by atoms with van der Waals surface area (Å²) in [6.07, 6.45) is 7.08. The molecule has 1 unspecified atom stereocenters. The highest BCUT2D eigenvalue weighted by Crippen LogP contribution is 2.32. The minimum Gasteiger partial charge on any atom is -0.468 e. The van der Waals surface area contributed by atoms with E-state index in [9.17, 15) is 0 Å². The molecule has 0 saturated carbocycles. The van der Waals surface area contributed by atoms with Gasteiger partial charge < -0.3 is 13.9 Å². The molecule has 4 rings (SSSR count). The van der Waals surface area contributed by atoms with Crippen LogP contribution in [0.5, 0.6) is 0 Å². The first-order valence-corrected chi connectivity index (χ1v) is 9.23. The Balaban J connectivity index is 1.56. The monoisotopic (exact) mass is 345 g/mol. The van der Waals surface area contributed by atoms with Crippen molar-refractivity contribution in [3.8, 4) is 0 Å². The minimum absolute atomic E-state index is 0.223. The van der Waals surface area contributed by atoms with Crippen LogP contribution in [0, 0.1) is 5.92 Å². The van der Waals surface area contributed by atoms with Gasteiger partial charge in [0.2, 0.25) is 0 Å². The molecule has 25 heavy (non-hydrogen) atoms. The largest absolute Gasteiger partial charge is 0.468 e. The lowest BCUT2D eigenvalue weighted by Crippen LogP contribution is -2.38. The number of hydrogen-bond donors (Lipinski definition) is 0. The first kappa shape index (κ1) is 16.8. The van der Waals surface area contributed by atoms with E-state index >= 15 is 0 Å². The van der Waals surface area contributed by atoms with E-state index in [4.69, 9.17) is 19.0 Å². The average Bonchev–Trinajstić information content (AvgIpc) is 3.28. The van der Waals surface area contributed by atoms with E-state index in [0.29, 0.717) is 12.5 Å². The van der Waals surface area contributed by atoms with Gasteiger partial charge in [-0.05, 0) is 42.9 Å². The lowest BCUT2D eigenvalue weighted by Gasteiger charge is -2.36. The number of nitrogens with zero attached hydrogens (tertiary/aromatic N) is 3. The fourth-order valence-corrected chi connectivity index (χ4v) is 4.06. The number of furan rings is 1. The van der Waals surface area contributed by atoms with Crippen molar-refractivity contribution in [3.05, 3.63) is 41.6 Å². The Hall–Kier alpha value is -1.63. The van der Waals surface area contributed by atoms with Crippen LogP contribution < -0.4 is 0 Å². The molecule has 2 aromatic heterocycles. The highest BCUT2D eigenvalue weighted by atomic mass is 16.5. The van der Waals surface area contributed by atoms with Gasteiger partial charge in [-0.1, -0.05) is 0 Å². The molecule has 6 heteroatoms. The van der Waals surface area contributed by atoms with Crippen LogP contribution in [0.25, 0.3) is 0 Å². The van der Waals surface area contributed by atoms with E-state index in [1.807, 2.05) is 12.1 Å². The molecule has 136 valence electrons. The topological polar surface area (TPSA) is 52.7 Å². The third-order valence-electron chi connectivity index (χ3n) is 5.42. The minimum atomic E-state index is 0.223. The fraction of sp³-hybridized carbons (Fsp3) is 0.632. The van der Waals surface area contributed by atoms with Gasteiger partial charge in [0.25, 0.3) is 0 Å². The maximum atomic E-state index is 5.57. The molecule has 1 fully saturated rings. The molecule has 0 radical (unpaired) electrons. The van der Waals surface area contributed by atoms with E-state index < -0.39 is 0 Å². The molecule has 2 aromatic rings. The van der Waals surface area contributed by atoms with Gasteiger partial charge in [-0.2, -0.15) is 5.10 Å². The lowest BCUT2D eigenvalue weighted by molar-refractivity contribution is 0.0534. The van der Waals surface area contributed by atoms with Crippen LogP contribution in [0.15, 0.2) is 29.0 Å². The predicted molar refractivity (Wildman–Crippen MR) is 93.2 cm³/mol. The van der Waals surface area contributed by atoms with Crippen molar-refractivity contribution in [2.75, 3.05) is 33.5 Å². The summed E-state index contributed by atoms with van der Waals surface area (Å²) >= 11 is 0. The second-order valence-electron chi connectivity index (χ2n) is 7.06. The van der Waals surface area contributed by atoms with E-state index in [1.54, 1.807) is 13.4 Å². The van der Waals surface area contributed by atoms with Gasteiger partial charge in [0, 0.05) is 33.4 Å². The van der Waals surface area contributed by atoms with E-state index in [2.05, 4.69) is 15.8 Å². The summed E-state index contributed by atoms with van der Waals surface area (Å²) < 4.78 is 18.9. The van der Waals surface area contributed by atoms with Crippen molar-refractivity contribution in [2.45, 2.75) is 38.4 Å². The number of ether oxygens (including phenoxy) is 2. The van der Waals surface area contributed by atoms with Crippen LogP contribution >= 0.6 is 0 Å². The number of methoxy groups -OCH3 is 1. The summed E-state index contributed by atoms with van der Waals surface area (Å²) in [5.74, 6) is 1.65. The normalized spacial score (nSPS) is 22.2. The Morgan fingerprint density at radius 3 is 2.96 bits per heavy atom. The molecular formula is C19H27N3O3. The highest BCUT2D eigenvalue weighted by molar-refractivity contribution is 5.25. The third-order valence-corrected chi connectivity index (χ3v) is 5.42. The average molecular weight is 345 g/mol. The van der Waals surface area contributed by atoms with Crippen molar-refractivity contribution < 1.29 is 13.9 Å². The summed E-state index contributed by atoms with van der Waals surface area (Å²) in [4.78, 5) is 2.45. The summed E-state index contributed by atoms with van der Waals surface area (Å²) in [6.45, 7) is 5.22. The van der Waals surface area contributed by atoms with Gasteiger partial charge in [0.05, 0.1) is 37.3 Å². The molecule has 1 saturated heterocycles. The number of aromatic nitrogens is 2. The standard InChI is InChI=1S/C19H27N3O3/c1-23-14-18-19-16(4-7-21(18)13-17-3-2-8-25-17)11-20-22(19)12-15-5-9-24-10-6-15/h2-3,8,11,15,18H,4-7,9-10,12-14H2,1H3. The summed E-state index contributed by atoms with van der Waals surface area (Å²) in [6, 6.07) is 4.21. The lowest BCUT2D eigenvalue weighted by atomic mass is 9.97. The summed E-state index contributed by atoms with van der Waals surface area (Å²) in [5, 5.41) is 4.73. The Kier molecular flexibility index (Phi) is 5.20. The van der Waals surface area contributed by atoms with Crippen LogP contribution in [0.3, 0.4) is 0 Å². The van der Waals surface area contributed by atoms with Gasteiger partial charge in [0.1, 0.15) is 5.76 Å². The molecule has 2 aliphatic heterocycles. The Labute approximate surface area is 148 Å². The van der Waals surface area contributed by atoms with Gasteiger partial charge in [-0.3, -0.25) is 9.58 Å². The van der Waals surface area contributed by atoms with Crippen LogP contribution in [-0.4, -0.2) is 48.2 Å².